The zero-order valence-corrected chi connectivity index (χ0v) is 12.1. The van der Waals surface area contributed by atoms with Crippen LogP contribution in [0.3, 0.4) is 0 Å². The summed E-state index contributed by atoms with van der Waals surface area (Å²) < 4.78 is 0. The summed E-state index contributed by atoms with van der Waals surface area (Å²) in [7, 11) is 0. The van der Waals surface area contributed by atoms with Crippen LogP contribution in [0.15, 0.2) is 17.5 Å². The molecule has 0 spiro atoms. The fraction of sp³-hybridized carbons (Fsp3) is 0.733. The molecule has 1 aromatic heterocycles. The van der Waals surface area contributed by atoms with E-state index in [4.69, 9.17) is 5.73 Å². The number of thiophene rings is 1. The average Bonchev–Trinajstić information content (AvgIpc) is 3.29. The van der Waals surface area contributed by atoms with E-state index in [1.165, 1.54) is 37.0 Å². The van der Waals surface area contributed by atoms with Crippen LogP contribution in [0.1, 0.15) is 43.9 Å². The molecule has 2 fully saturated rings. The second-order valence-corrected chi connectivity index (χ2v) is 7.32. The molecule has 2 N–H and O–H groups in total. The Morgan fingerprint density at radius 1 is 1.39 bits per heavy atom. The van der Waals surface area contributed by atoms with Crippen molar-refractivity contribution < 1.29 is 0 Å². The summed E-state index contributed by atoms with van der Waals surface area (Å²) in [4.78, 5) is 4.19. The van der Waals surface area contributed by atoms with Gasteiger partial charge in [0.25, 0.3) is 0 Å². The maximum absolute atomic E-state index is 6.14. The molecular formula is C15H24N2S. The molecular weight excluding hydrogens is 240 g/mol. The lowest BCUT2D eigenvalue weighted by molar-refractivity contribution is 0.0794. The smallest absolute Gasteiger partial charge is 0.0336 e. The highest BCUT2D eigenvalue weighted by atomic mass is 32.1. The summed E-state index contributed by atoms with van der Waals surface area (Å²) in [5.41, 5.74) is 6.35. The lowest BCUT2D eigenvalue weighted by atomic mass is 9.92. The molecule has 100 valence electrons. The molecule has 3 heteroatoms. The van der Waals surface area contributed by atoms with Crippen molar-refractivity contribution in [3.63, 3.8) is 0 Å². The highest BCUT2D eigenvalue weighted by molar-refractivity contribution is 7.09. The first-order valence-electron chi connectivity index (χ1n) is 7.20. The molecule has 1 unspecified atom stereocenters. The number of nitrogens with two attached hydrogens (primary N) is 1. The predicted molar refractivity (Wildman–Crippen MR) is 77.7 cm³/mol. The minimum Gasteiger partial charge on any atom is -0.329 e. The molecule has 1 aromatic rings. The van der Waals surface area contributed by atoms with Crippen molar-refractivity contribution in [2.45, 2.75) is 57.2 Å². The molecule has 3 rings (SSSR count). The third-order valence-electron chi connectivity index (χ3n) is 4.45. The number of nitrogens with zero attached hydrogens (tertiary/aromatic N) is 1. The van der Waals surface area contributed by atoms with Gasteiger partial charge < -0.3 is 5.73 Å². The van der Waals surface area contributed by atoms with Crippen molar-refractivity contribution in [1.82, 2.24) is 4.90 Å². The van der Waals surface area contributed by atoms with Gasteiger partial charge in [-0.05, 0) is 43.6 Å². The number of rotatable bonds is 7. The lowest BCUT2D eigenvalue weighted by Gasteiger charge is -2.41. The van der Waals surface area contributed by atoms with Gasteiger partial charge in [0.2, 0.25) is 0 Å². The van der Waals surface area contributed by atoms with Crippen molar-refractivity contribution in [3.05, 3.63) is 22.4 Å². The summed E-state index contributed by atoms with van der Waals surface area (Å²) in [5, 5.41) is 2.18. The third-order valence-corrected chi connectivity index (χ3v) is 5.31. The monoisotopic (exact) mass is 264 g/mol. The van der Waals surface area contributed by atoms with Gasteiger partial charge in [-0.3, -0.25) is 4.90 Å². The van der Waals surface area contributed by atoms with E-state index >= 15 is 0 Å². The normalized spacial score (nSPS) is 23.3. The van der Waals surface area contributed by atoms with E-state index in [2.05, 4.69) is 29.3 Å². The summed E-state index contributed by atoms with van der Waals surface area (Å²) in [6.45, 7) is 4.28. The fourth-order valence-electron chi connectivity index (χ4n) is 2.98. The van der Waals surface area contributed by atoms with Gasteiger partial charge in [-0.15, -0.1) is 11.3 Å². The van der Waals surface area contributed by atoms with Crippen LogP contribution in [-0.4, -0.2) is 23.0 Å². The van der Waals surface area contributed by atoms with Crippen molar-refractivity contribution in [3.8, 4) is 0 Å². The predicted octanol–water partition coefficient (Wildman–Crippen LogP) is 3.23. The topological polar surface area (TPSA) is 29.3 Å². The third kappa shape index (κ3) is 2.79. The average molecular weight is 264 g/mol. The Morgan fingerprint density at radius 3 is 2.67 bits per heavy atom. The molecule has 2 aliphatic carbocycles. The Morgan fingerprint density at radius 2 is 2.17 bits per heavy atom. The van der Waals surface area contributed by atoms with Crippen molar-refractivity contribution in [1.29, 1.82) is 0 Å². The van der Waals surface area contributed by atoms with E-state index < -0.39 is 0 Å². The van der Waals surface area contributed by atoms with Crippen molar-refractivity contribution in [2.75, 3.05) is 6.54 Å². The van der Waals surface area contributed by atoms with Crippen molar-refractivity contribution >= 4 is 11.3 Å². The Bertz CT molecular complexity index is 381. The van der Waals surface area contributed by atoms with Crippen LogP contribution in [0.25, 0.3) is 0 Å². The van der Waals surface area contributed by atoms with E-state index in [1.54, 1.807) is 0 Å². The van der Waals surface area contributed by atoms with Crippen LogP contribution < -0.4 is 5.73 Å². The minimum atomic E-state index is 0.215. The summed E-state index contributed by atoms with van der Waals surface area (Å²) >= 11 is 1.88. The van der Waals surface area contributed by atoms with E-state index in [0.29, 0.717) is 0 Å². The lowest BCUT2D eigenvalue weighted by Crippen LogP contribution is -2.52. The molecule has 0 amide bonds. The van der Waals surface area contributed by atoms with Crippen LogP contribution in [0, 0.1) is 5.92 Å². The first-order valence-corrected chi connectivity index (χ1v) is 8.08. The van der Waals surface area contributed by atoms with Crippen LogP contribution in [-0.2, 0) is 6.54 Å². The van der Waals surface area contributed by atoms with Gasteiger partial charge in [0.05, 0.1) is 0 Å². The highest BCUT2D eigenvalue weighted by Gasteiger charge is 2.43. The van der Waals surface area contributed by atoms with Gasteiger partial charge in [-0.1, -0.05) is 18.9 Å². The molecule has 18 heavy (non-hydrogen) atoms. The van der Waals surface area contributed by atoms with Crippen LogP contribution in [0.4, 0.5) is 0 Å². The molecule has 1 heterocycles. The Balaban J connectivity index is 1.73. The van der Waals surface area contributed by atoms with Gasteiger partial charge in [0.15, 0.2) is 0 Å². The van der Waals surface area contributed by atoms with Gasteiger partial charge in [-0.25, -0.2) is 0 Å². The number of hydrogen-bond acceptors (Lipinski definition) is 3. The van der Waals surface area contributed by atoms with Gasteiger partial charge in [0, 0.05) is 29.5 Å². The summed E-state index contributed by atoms with van der Waals surface area (Å²) in [5.74, 6) is 0.947. The van der Waals surface area contributed by atoms with Gasteiger partial charge in [-0.2, -0.15) is 0 Å². The minimum absolute atomic E-state index is 0.215. The van der Waals surface area contributed by atoms with Gasteiger partial charge in [0.1, 0.15) is 0 Å². The maximum atomic E-state index is 6.14. The van der Waals surface area contributed by atoms with Crippen LogP contribution in [0.5, 0.6) is 0 Å². The maximum Gasteiger partial charge on any atom is 0.0336 e. The fourth-order valence-corrected chi connectivity index (χ4v) is 3.68. The second-order valence-electron chi connectivity index (χ2n) is 6.29. The van der Waals surface area contributed by atoms with E-state index in [0.717, 1.165) is 25.0 Å². The summed E-state index contributed by atoms with van der Waals surface area (Å²) in [6.07, 6.45) is 6.88. The molecule has 0 saturated heterocycles. The van der Waals surface area contributed by atoms with Crippen LogP contribution in [0.2, 0.25) is 0 Å². The molecule has 0 aromatic carbocycles. The van der Waals surface area contributed by atoms with Gasteiger partial charge >= 0.3 is 0 Å². The summed E-state index contributed by atoms with van der Waals surface area (Å²) in [6, 6.07) is 5.21. The molecule has 2 aliphatic rings. The highest BCUT2D eigenvalue weighted by Crippen LogP contribution is 2.43. The van der Waals surface area contributed by atoms with Crippen molar-refractivity contribution in [2.24, 2.45) is 11.7 Å². The molecule has 2 nitrogen and oxygen atoms in total. The standard InChI is InChI=1S/C15H24N2S/c1-15(11-16,9-12-4-5-12)17(13-6-7-13)10-14-3-2-8-18-14/h2-3,8,12-13H,4-7,9-11,16H2,1H3. The van der Waals surface area contributed by atoms with E-state index in [-0.39, 0.29) is 5.54 Å². The molecule has 1 atom stereocenters. The Kier molecular flexibility index (Phi) is 3.48. The molecule has 0 radical (unpaired) electrons. The first kappa shape index (κ1) is 12.6. The second kappa shape index (κ2) is 4.95. The number of hydrogen-bond donors (Lipinski definition) is 1. The molecule has 2 saturated carbocycles. The zero-order valence-electron chi connectivity index (χ0n) is 11.3. The van der Waals surface area contributed by atoms with Crippen LogP contribution >= 0.6 is 11.3 Å². The SMILES string of the molecule is CC(CN)(CC1CC1)N(Cc1cccs1)C1CC1. The molecule has 0 bridgehead atoms. The zero-order chi connectivity index (χ0) is 12.6. The Hall–Kier alpha value is -0.380. The van der Waals surface area contributed by atoms with E-state index in [9.17, 15) is 0 Å². The molecule has 0 aliphatic heterocycles. The Labute approximate surface area is 114 Å². The van der Waals surface area contributed by atoms with E-state index in [1.807, 2.05) is 11.3 Å². The first-order chi connectivity index (χ1) is 8.71. The largest absolute Gasteiger partial charge is 0.329 e. The quantitative estimate of drug-likeness (QED) is 0.819.